The lowest BCUT2D eigenvalue weighted by atomic mass is 10.0. The van der Waals surface area contributed by atoms with Crippen LogP contribution in [-0.2, 0) is 34.9 Å². The molecule has 2 fully saturated rings. The molecule has 0 radical (unpaired) electrons. The van der Waals surface area contributed by atoms with Crippen molar-refractivity contribution in [3.63, 3.8) is 0 Å². The summed E-state index contributed by atoms with van der Waals surface area (Å²) in [4.78, 5) is 27.5. The highest BCUT2D eigenvalue weighted by atomic mass is 79.9. The lowest BCUT2D eigenvalue weighted by molar-refractivity contribution is -0.384. The third-order valence-corrected chi connectivity index (χ3v) is 20.8. The fraction of sp³-hybridized carbons (Fsp3) is 0.413. The van der Waals surface area contributed by atoms with Gasteiger partial charge in [-0.15, -0.1) is 11.6 Å². The van der Waals surface area contributed by atoms with Crippen LogP contribution in [0.1, 0.15) is 85.5 Å². The first-order valence-electron chi connectivity index (χ1n) is 29.5. The van der Waals surface area contributed by atoms with E-state index in [-0.39, 0.29) is 63.2 Å². The lowest BCUT2D eigenvalue weighted by Crippen LogP contribution is -2.53. The molecule has 6 aromatic rings. The van der Waals surface area contributed by atoms with Crippen LogP contribution in [0.25, 0.3) is 0 Å². The maximum atomic E-state index is 13.2. The number of nitro benzene ring substituents is 1. The van der Waals surface area contributed by atoms with Crippen molar-refractivity contribution in [1.29, 1.82) is 0 Å². The van der Waals surface area contributed by atoms with E-state index in [9.17, 15) is 70.6 Å². The Balaban J connectivity index is 0.000000329. The molecule has 32 heteroatoms. The third-order valence-electron chi connectivity index (χ3n) is 14.2. The molecule has 1 amide bonds. The Bertz CT molecular complexity index is 3660. The first kappa shape index (κ1) is 83.2. The van der Waals surface area contributed by atoms with Gasteiger partial charge in [0.05, 0.1) is 33.7 Å². The van der Waals surface area contributed by atoms with E-state index in [0.717, 1.165) is 75.4 Å². The summed E-state index contributed by atoms with van der Waals surface area (Å²) < 4.78 is 189. The Labute approximate surface area is 564 Å². The van der Waals surface area contributed by atoms with Crippen LogP contribution in [0.5, 0.6) is 5.75 Å². The zero-order chi connectivity index (χ0) is 72.1. The molecule has 16 nitrogen and oxygen atoms in total. The highest BCUT2D eigenvalue weighted by Crippen LogP contribution is 3.02. The summed E-state index contributed by atoms with van der Waals surface area (Å²) in [5.41, 5.74) is 5.81. The molecule has 6 aromatic carbocycles. The number of piperidine rings is 1. The Morgan fingerprint density at radius 1 is 0.695 bits per heavy atom. The number of nitrogens with zero attached hydrogens (tertiary/aromatic N) is 5. The minimum Gasteiger partial charge on any atom is -0.497 e. The summed E-state index contributed by atoms with van der Waals surface area (Å²) in [6, 6.07) is 33.9. The maximum absolute atomic E-state index is 13.2. The number of ether oxygens (including phenoxy) is 3. The van der Waals surface area contributed by atoms with Gasteiger partial charge in [0.2, 0.25) is 0 Å². The number of amides is 1. The molecule has 0 aliphatic carbocycles. The quantitative estimate of drug-likeness (QED) is 0.0298. The number of rotatable bonds is 17. The smallest absolute Gasteiger partial charge is 0.410 e. The highest BCUT2D eigenvalue weighted by molar-refractivity contribution is 9.10. The summed E-state index contributed by atoms with van der Waals surface area (Å²) in [7, 11) is -23.5. The molecule has 0 spiro atoms. The molecule has 2 saturated heterocycles. The monoisotopic (exact) mass is 1520 g/mol. The number of methoxy groups -OCH3 is 2. The van der Waals surface area contributed by atoms with Crippen molar-refractivity contribution < 1.29 is 79.6 Å². The first-order valence-corrected chi connectivity index (χ1v) is 38.0. The number of carbonyl (C=O) groups is 1. The van der Waals surface area contributed by atoms with Crippen LogP contribution in [0.3, 0.4) is 0 Å². The zero-order valence-electron chi connectivity index (χ0n) is 54.2. The minimum atomic E-state index is -9.90. The van der Waals surface area contributed by atoms with E-state index in [4.69, 9.17) is 31.5 Å². The van der Waals surface area contributed by atoms with E-state index < -0.39 is 77.4 Å². The summed E-state index contributed by atoms with van der Waals surface area (Å²) in [6.07, 6.45) is 1.88. The second-order valence-electron chi connectivity index (χ2n) is 22.7. The average Bonchev–Trinajstić information content (AvgIpc) is 0.734. The largest absolute Gasteiger partial charge is 0.497 e. The Morgan fingerprint density at radius 2 is 1.20 bits per heavy atom. The van der Waals surface area contributed by atoms with Crippen molar-refractivity contribution in [2.24, 2.45) is 0 Å². The number of alkyl halides is 1. The number of carbonyl (C=O) groups excluding carboxylic acids is 1. The van der Waals surface area contributed by atoms with E-state index >= 15 is 0 Å². The fourth-order valence-electron chi connectivity index (χ4n) is 9.01. The van der Waals surface area contributed by atoms with Gasteiger partial charge in [-0.25, -0.2) is 21.6 Å². The summed E-state index contributed by atoms with van der Waals surface area (Å²) in [5.74, 6) is -0.0348. The van der Waals surface area contributed by atoms with Crippen LogP contribution >= 0.6 is 48.0 Å². The van der Waals surface area contributed by atoms with Gasteiger partial charge in [0, 0.05) is 106 Å². The molecule has 8 rings (SSSR count). The number of nitrogen functional groups attached to an aromatic ring is 1. The normalized spacial score (nSPS) is 15.9. The fourth-order valence-corrected chi connectivity index (χ4v) is 13.2. The van der Waals surface area contributed by atoms with Crippen LogP contribution in [0.4, 0.5) is 60.7 Å². The standard InChI is InChI=1S/C26H44N4O3.C13H12F5NO2S2.C9H11BrO.C7H7ClO2S.C6H4F5NO2S.C2H6/c1-21(2)28-17-14-27(15-18-28)16-19-30(25(31)33-26(3,4)5)22-10-12-29(13-11-22)23-8-7-9-24(20-23)32-6;14-23(15,16,17,18)12-6-7-13(19)10(8-12)9-22(20,21)11-4-2-1-3-5-11;1-7(11-2)8-4-3-5-9(10)6-8;8-6-11(9,10)7-4-2-1-3-5-7;7-15(8,9,10,11)6-3-1-5(2-4-6)12(13)14;1-2/h7-9,20-22H,10-19H2,1-6H3;1-8H,9,19H2;3-7H,1-2H3;1-5H,6H2;1-4H;1-2H3. The third kappa shape index (κ3) is 28.5. The maximum Gasteiger partial charge on any atom is 0.410 e. The van der Waals surface area contributed by atoms with Crippen molar-refractivity contribution in [3.8, 4) is 5.75 Å². The van der Waals surface area contributed by atoms with Crippen molar-refractivity contribution in [1.82, 2.24) is 14.7 Å². The van der Waals surface area contributed by atoms with Gasteiger partial charge in [-0.05, 0) is 144 Å². The van der Waals surface area contributed by atoms with Gasteiger partial charge in [-0.3, -0.25) is 19.9 Å². The van der Waals surface area contributed by atoms with Crippen LogP contribution in [0, 0.1) is 10.1 Å². The van der Waals surface area contributed by atoms with E-state index in [2.05, 4.69) is 68.7 Å². The molecular weight excluding hydrogens is 1430 g/mol. The number of nitrogens with two attached hydrogens (primary N) is 1. The molecule has 534 valence electrons. The van der Waals surface area contributed by atoms with Gasteiger partial charge < -0.3 is 29.7 Å². The molecule has 0 bridgehead atoms. The number of hydrogen-bond acceptors (Lipinski definition) is 14. The molecule has 1 unspecified atom stereocenters. The number of sulfone groups is 2. The lowest BCUT2D eigenvalue weighted by Gasteiger charge is -2.41. The summed E-state index contributed by atoms with van der Waals surface area (Å²) >= 11 is 8.64. The van der Waals surface area contributed by atoms with Crippen molar-refractivity contribution >= 4 is 90.8 Å². The van der Waals surface area contributed by atoms with Gasteiger partial charge in [-0.1, -0.05) is 123 Å². The molecule has 2 N–H and O–H groups in total. The first-order chi connectivity index (χ1) is 43.6. The summed E-state index contributed by atoms with van der Waals surface area (Å²) in [6.45, 7) is 24.2. The predicted molar refractivity (Wildman–Crippen MR) is 364 cm³/mol. The second-order valence-corrected chi connectivity index (χ2v) is 33.0. The van der Waals surface area contributed by atoms with Crippen LogP contribution in [0.15, 0.2) is 176 Å². The number of piperazine rings is 1. The Morgan fingerprint density at radius 3 is 1.65 bits per heavy atom. The number of non-ortho nitro benzene ring substituents is 1. The average molecular weight is 1520 g/mol. The zero-order valence-corrected chi connectivity index (χ0v) is 59.8. The number of benzene rings is 6. The van der Waals surface area contributed by atoms with Gasteiger partial charge in [0.1, 0.15) is 26.4 Å². The van der Waals surface area contributed by atoms with Crippen LogP contribution in [-0.4, -0.2) is 132 Å². The molecule has 2 aliphatic heterocycles. The van der Waals surface area contributed by atoms with Crippen molar-refractivity contribution in [3.05, 3.63) is 177 Å². The van der Waals surface area contributed by atoms with E-state index in [1.54, 1.807) is 38.5 Å². The van der Waals surface area contributed by atoms with E-state index in [1.165, 1.54) is 47.6 Å². The van der Waals surface area contributed by atoms with Crippen LogP contribution < -0.4 is 15.4 Å². The number of hydrogen-bond donors (Lipinski definition) is 1. The molecular formula is C63H84BrClF10N6O10S4. The molecule has 2 heterocycles. The van der Waals surface area contributed by atoms with E-state index in [0.29, 0.717) is 24.2 Å². The number of anilines is 2. The predicted octanol–water partition coefficient (Wildman–Crippen LogP) is 18.9. The molecule has 2 aliphatic rings. The highest BCUT2D eigenvalue weighted by Gasteiger charge is 2.66. The number of halogens is 12. The molecule has 95 heavy (non-hydrogen) atoms. The van der Waals surface area contributed by atoms with E-state index in [1.807, 2.05) is 70.7 Å². The van der Waals surface area contributed by atoms with Gasteiger partial charge in [-0.2, -0.15) is 0 Å². The van der Waals surface area contributed by atoms with Gasteiger partial charge in [0.25, 0.3) is 5.69 Å². The SMILES string of the molecule is CC.COC(C)c1cccc(Br)c1.COc1cccc(N2CCC(N(CCN3CCN(C(C)C)CC3)C(=O)OC(C)(C)C)CC2)c1.Nc1ccc(S(F)(F)(F)(F)F)cc1CS(=O)(=O)c1ccccc1.O=S(=O)(CCl)c1ccccc1.O=[N+]([O-])c1ccc(S(F)(F)(F)(F)F)cc1. The Hall–Kier alpha value is -6.06. The van der Waals surface area contributed by atoms with Crippen molar-refractivity contribution in [2.75, 3.05) is 82.4 Å². The van der Waals surface area contributed by atoms with Crippen LogP contribution in [0.2, 0.25) is 0 Å². The minimum absolute atomic E-state index is 0.000309. The Kier molecular flexibility index (Phi) is 28.9. The molecule has 1 atom stereocenters. The summed E-state index contributed by atoms with van der Waals surface area (Å²) in [5, 5.41) is 9.70. The molecule has 0 saturated carbocycles. The van der Waals surface area contributed by atoms with Gasteiger partial charge >= 0.3 is 26.5 Å². The van der Waals surface area contributed by atoms with Gasteiger partial charge in [0.15, 0.2) is 19.7 Å². The van der Waals surface area contributed by atoms with Crippen molar-refractivity contribution in [2.45, 2.75) is 117 Å². The molecule has 0 aromatic heterocycles. The number of nitro groups is 1. The second kappa shape index (κ2) is 33.0. The topological polar surface area (TPSA) is 195 Å².